The maximum absolute atomic E-state index is 13.2. The third-order valence-corrected chi connectivity index (χ3v) is 6.48. The van der Waals surface area contributed by atoms with Gasteiger partial charge in [0.05, 0.1) is 33.9 Å². The summed E-state index contributed by atoms with van der Waals surface area (Å²) in [6, 6.07) is 8.98. The third kappa shape index (κ3) is 5.40. The van der Waals surface area contributed by atoms with E-state index in [1.165, 1.54) is 11.8 Å². The SMILES string of the molecule is CCN(Cc1nc2ccccc2c(=O)[nH]1)C(=O)[C@H](C)NS(=O)(=O)c1ccccc1C(F)(F)F. The number of hydrogen-bond acceptors (Lipinski definition) is 5. The lowest BCUT2D eigenvalue weighted by Crippen LogP contribution is -2.47. The number of H-pyrrole nitrogens is 1. The molecule has 0 saturated heterocycles. The minimum Gasteiger partial charge on any atom is -0.334 e. The van der Waals surface area contributed by atoms with E-state index in [0.29, 0.717) is 17.0 Å². The first-order valence-electron chi connectivity index (χ1n) is 9.89. The van der Waals surface area contributed by atoms with Crippen molar-refractivity contribution in [2.75, 3.05) is 6.54 Å². The van der Waals surface area contributed by atoms with Crippen LogP contribution in [-0.2, 0) is 27.5 Å². The molecule has 3 aromatic rings. The highest BCUT2D eigenvalue weighted by atomic mass is 32.2. The first kappa shape index (κ1) is 24.4. The van der Waals surface area contributed by atoms with Gasteiger partial charge in [0.25, 0.3) is 5.56 Å². The Bertz CT molecular complexity index is 1340. The maximum atomic E-state index is 13.2. The van der Waals surface area contributed by atoms with Crippen molar-refractivity contribution in [1.82, 2.24) is 19.6 Å². The molecule has 0 spiro atoms. The van der Waals surface area contributed by atoms with Crippen molar-refractivity contribution < 1.29 is 26.4 Å². The highest BCUT2D eigenvalue weighted by Gasteiger charge is 2.37. The minimum atomic E-state index is -4.89. The minimum absolute atomic E-state index is 0.124. The van der Waals surface area contributed by atoms with Crippen LogP contribution in [0.5, 0.6) is 0 Å². The zero-order valence-electron chi connectivity index (χ0n) is 17.7. The van der Waals surface area contributed by atoms with Crippen LogP contribution < -0.4 is 10.3 Å². The number of rotatable bonds is 7. The standard InChI is InChI=1S/C21H21F3N4O4S/c1-3-28(12-18-25-16-10-6-4-8-14(16)19(29)26-18)20(30)13(2)27-33(31,32)17-11-7-5-9-15(17)21(22,23)24/h4-11,13,27H,3,12H2,1-2H3,(H,25,26,29)/t13-/m0/s1. The number of nitrogens with one attached hydrogen (secondary N) is 2. The lowest BCUT2D eigenvalue weighted by molar-refractivity contribution is -0.139. The number of aromatic nitrogens is 2. The molecule has 1 heterocycles. The van der Waals surface area contributed by atoms with E-state index in [-0.39, 0.29) is 18.9 Å². The Hall–Kier alpha value is -3.25. The van der Waals surface area contributed by atoms with Crippen molar-refractivity contribution in [2.24, 2.45) is 0 Å². The van der Waals surface area contributed by atoms with Crippen LogP contribution >= 0.6 is 0 Å². The third-order valence-electron chi connectivity index (χ3n) is 4.88. The molecule has 0 radical (unpaired) electrons. The van der Waals surface area contributed by atoms with E-state index in [0.717, 1.165) is 18.2 Å². The van der Waals surface area contributed by atoms with Gasteiger partial charge in [0.15, 0.2) is 0 Å². The second kappa shape index (κ2) is 9.32. The van der Waals surface area contributed by atoms with Gasteiger partial charge in [-0.05, 0) is 38.1 Å². The molecule has 0 aliphatic carbocycles. The fourth-order valence-corrected chi connectivity index (χ4v) is 4.72. The largest absolute Gasteiger partial charge is 0.417 e. The summed E-state index contributed by atoms with van der Waals surface area (Å²) in [4.78, 5) is 32.3. The molecule has 1 atom stereocenters. The van der Waals surface area contributed by atoms with Crippen LogP contribution in [-0.4, -0.2) is 41.8 Å². The predicted octanol–water partition coefficient (Wildman–Crippen LogP) is 2.66. The number of carbonyl (C=O) groups is 1. The quantitative estimate of drug-likeness (QED) is 0.538. The fourth-order valence-electron chi connectivity index (χ4n) is 3.29. The Morgan fingerprint density at radius 2 is 1.79 bits per heavy atom. The number of sulfonamides is 1. The number of amides is 1. The lowest BCUT2D eigenvalue weighted by atomic mass is 10.2. The number of para-hydroxylation sites is 1. The van der Waals surface area contributed by atoms with Crippen molar-refractivity contribution in [2.45, 2.75) is 37.5 Å². The number of nitrogens with zero attached hydrogens (tertiary/aromatic N) is 2. The monoisotopic (exact) mass is 482 g/mol. The molecular formula is C21H21F3N4O4S. The molecular weight excluding hydrogens is 461 g/mol. The van der Waals surface area contributed by atoms with Crippen LogP contribution in [0.2, 0.25) is 0 Å². The molecule has 0 aliphatic rings. The summed E-state index contributed by atoms with van der Waals surface area (Å²) < 4.78 is 67.0. The number of aromatic amines is 1. The number of alkyl halides is 3. The maximum Gasteiger partial charge on any atom is 0.417 e. The van der Waals surface area contributed by atoms with Gasteiger partial charge in [0.1, 0.15) is 5.82 Å². The van der Waals surface area contributed by atoms with E-state index >= 15 is 0 Å². The molecule has 0 fully saturated rings. The summed E-state index contributed by atoms with van der Waals surface area (Å²) in [5, 5.41) is 0.375. The topological polar surface area (TPSA) is 112 Å². The zero-order chi connectivity index (χ0) is 24.4. The normalized spacial score (nSPS) is 13.1. The van der Waals surface area contributed by atoms with Gasteiger partial charge >= 0.3 is 6.18 Å². The second-order valence-corrected chi connectivity index (χ2v) is 8.90. The Morgan fingerprint density at radius 3 is 2.45 bits per heavy atom. The number of halogens is 3. The van der Waals surface area contributed by atoms with Crippen LogP contribution in [0.15, 0.2) is 58.2 Å². The van der Waals surface area contributed by atoms with Crippen LogP contribution in [0.1, 0.15) is 25.2 Å². The Kier molecular flexibility index (Phi) is 6.89. The molecule has 2 N–H and O–H groups in total. The second-order valence-electron chi connectivity index (χ2n) is 7.22. The highest BCUT2D eigenvalue weighted by Crippen LogP contribution is 2.33. The molecule has 2 aromatic carbocycles. The van der Waals surface area contributed by atoms with E-state index in [4.69, 9.17) is 0 Å². The van der Waals surface area contributed by atoms with Crippen molar-refractivity contribution in [1.29, 1.82) is 0 Å². The van der Waals surface area contributed by atoms with E-state index in [1.54, 1.807) is 31.2 Å². The van der Waals surface area contributed by atoms with Gasteiger partial charge in [-0.1, -0.05) is 24.3 Å². The highest BCUT2D eigenvalue weighted by molar-refractivity contribution is 7.89. The van der Waals surface area contributed by atoms with Gasteiger partial charge < -0.3 is 9.88 Å². The predicted molar refractivity (Wildman–Crippen MR) is 115 cm³/mol. The summed E-state index contributed by atoms with van der Waals surface area (Å²) in [7, 11) is -4.66. The molecule has 1 aromatic heterocycles. The van der Waals surface area contributed by atoms with Gasteiger partial charge in [-0.15, -0.1) is 0 Å². The summed E-state index contributed by atoms with van der Waals surface area (Å²) in [6.45, 7) is 2.88. The molecule has 0 aliphatic heterocycles. The Labute approximate surface area is 187 Å². The average Bonchev–Trinajstić information content (AvgIpc) is 2.76. The number of likely N-dealkylation sites (N-methyl/N-ethyl adjacent to an activating group) is 1. The fraction of sp³-hybridized carbons (Fsp3) is 0.286. The van der Waals surface area contributed by atoms with Gasteiger partial charge in [-0.2, -0.15) is 17.9 Å². The zero-order valence-corrected chi connectivity index (χ0v) is 18.5. The first-order valence-corrected chi connectivity index (χ1v) is 11.4. The van der Waals surface area contributed by atoms with E-state index in [9.17, 15) is 31.2 Å². The van der Waals surface area contributed by atoms with Gasteiger partial charge in [-0.3, -0.25) is 9.59 Å². The molecule has 33 heavy (non-hydrogen) atoms. The molecule has 0 unspecified atom stereocenters. The van der Waals surface area contributed by atoms with Gasteiger partial charge in [-0.25, -0.2) is 13.4 Å². The first-order chi connectivity index (χ1) is 15.4. The number of fused-ring (bicyclic) bond motifs is 1. The van der Waals surface area contributed by atoms with E-state index in [1.807, 2.05) is 4.72 Å². The van der Waals surface area contributed by atoms with Crippen molar-refractivity contribution in [3.8, 4) is 0 Å². The molecule has 0 saturated carbocycles. The summed E-state index contributed by atoms with van der Waals surface area (Å²) in [5.41, 5.74) is -1.30. The van der Waals surface area contributed by atoms with E-state index in [2.05, 4.69) is 9.97 Å². The summed E-state index contributed by atoms with van der Waals surface area (Å²) in [5.74, 6) is -0.507. The Balaban J connectivity index is 1.82. The molecule has 8 nitrogen and oxygen atoms in total. The molecule has 12 heteroatoms. The lowest BCUT2D eigenvalue weighted by Gasteiger charge is -2.25. The van der Waals surface area contributed by atoms with Crippen molar-refractivity contribution in [3.05, 3.63) is 70.3 Å². The van der Waals surface area contributed by atoms with Crippen molar-refractivity contribution in [3.63, 3.8) is 0 Å². The van der Waals surface area contributed by atoms with E-state index < -0.39 is 44.2 Å². The van der Waals surface area contributed by atoms with Crippen LogP contribution in [0.3, 0.4) is 0 Å². The average molecular weight is 482 g/mol. The Morgan fingerprint density at radius 1 is 1.15 bits per heavy atom. The number of carbonyl (C=O) groups excluding carboxylic acids is 1. The van der Waals surface area contributed by atoms with Crippen LogP contribution in [0.4, 0.5) is 13.2 Å². The molecule has 176 valence electrons. The van der Waals surface area contributed by atoms with Crippen LogP contribution in [0.25, 0.3) is 10.9 Å². The van der Waals surface area contributed by atoms with Gasteiger partial charge in [0, 0.05) is 6.54 Å². The summed E-state index contributed by atoms with van der Waals surface area (Å²) in [6.07, 6.45) is -4.89. The summed E-state index contributed by atoms with van der Waals surface area (Å²) >= 11 is 0. The number of hydrogen-bond donors (Lipinski definition) is 2. The van der Waals surface area contributed by atoms with Gasteiger partial charge in [0.2, 0.25) is 15.9 Å². The van der Waals surface area contributed by atoms with Crippen LogP contribution in [0, 0.1) is 0 Å². The molecule has 0 bridgehead atoms. The number of benzene rings is 2. The van der Waals surface area contributed by atoms with Crippen molar-refractivity contribution >= 4 is 26.8 Å². The molecule has 1 amide bonds. The molecule has 3 rings (SSSR count). The smallest absolute Gasteiger partial charge is 0.334 e.